The summed E-state index contributed by atoms with van der Waals surface area (Å²) in [6.07, 6.45) is 5.12. The third-order valence-electron chi connectivity index (χ3n) is 1.98. The first kappa shape index (κ1) is 8.45. The van der Waals surface area contributed by atoms with E-state index in [1.807, 2.05) is 23.8 Å². The maximum absolute atomic E-state index is 8.86. The number of hydrogen-bond donors (Lipinski definition) is 0. The summed E-state index contributed by atoms with van der Waals surface area (Å²) in [7, 11) is 0. The average Bonchev–Trinajstić information content (AvgIpc) is 2.64. The summed E-state index contributed by atoms with van der Waals surface area (Å²) in [6, 6.07) is 5.70. The van der Waals surface area contributed by atoms with Gasteiger partial charge < -0.3 is 4.57 Å². The fraction of sp³-hybridized carbons (Fsp3) is 0.100. The molecule has 0 amide bonds. The third kappa shape index (κ3) is 1.25. The van der Waals surface area contributed by atoms with E-state index < -0.39 is 0 Å². The Labute approximate surface area is 81.5 Å². The topological polar surface area (TPSA) is 54.5 Å². The zero-order chi connectivity index (χ0) is 9.97. The van der Waals surface area contributed by atoms with Gasteiger partial charge in [-0.3, -0.25) is 0 Å². The molecular weight excluding hydrogens is 176 g/mol. The summed E-state index contributed by atoms with van der Waals surface area (Å²) in [4.78, 5) is 8.08. The van der Waals surface area contributed by atoms with Crippen molar-refractivity contribution in [2.75, 3.05) is 0 Å². The summed E-state index contributed by atoms with van der Waals surface area (Å²) in [5.74, 6) is 0.842. The normalized spacial score (nSPS) is 9.71. The second kappa shape index (κ2) is 3.30. The van der Waals surface area contributed by atoms with Crippen LogP contribution in [0.15, 0.2) is 30.7 Å². The number of aryl methyl sites for hydroxylation is 1. The zero-order valence-corrected chi connectivity index (χ0v) is 7.68. The molecule has 2 aromatic rings. The molecule has 0 bridgehead atoms. The molecule has 0 spiro atoms. The van der Waals surface area contributed by atoms with Crippen molar-refractivity contribution in [2.24, 2.45) is 0 Å². The summed E-state index contributed by atoms with van der Waals surface area (Å²) in [6.45, 7) is 1.88. The molecule has 0 unspecified atom stereocenters. The minimum atomic E-state index is 0.411. The highest BCUT2D eigenvalue weighted by molar-refractivity contribution is 5.44. The van der Waals surface area contributed by atoms with Crippen molar-refractivity contribution in [1.29, 1.82) is 5.26 Å². The van der Waals surface area contributed by atoms with Crippen LogP contribution >= 0.6 is 0 Å². The average molecular weight is 184 g/mol. The smallest absolute Gasteiger partial charge is 0.164 e. The molecular formula is C10H8N4. The summed E-state index contributed by atoms with van der Waals surface area (Å²) in [5, 5.41) is 8.86. The maximum atomic E-state index is 8.86. The van der Waals surface area contributed by atoms with Crippen LogP contribution in [0.5, 0.6) is 0 Å². The lowest BCUT2D eigenvalue weighted by atomic mass is 10.3. The maximum Gasteiger partial charge on any atom is 0.164 e. The highest BCUT2D eigenvalue weighted by Crippen LogP contribution is 2.12. The standard InChI is InChI=1S/C10H8N4/c1-8-12-5-6-14(8)10-3-2-4-13-9(10)7-11/h2-6H,1H3. The number of hydrogen-bond acceptors (Lipinski definition) is 3. The van der Waals surface area contributed by atoms with Gasteiger partial charge in [0.2, 0.25) is 0 Å². The predicted molar refractivity (Wildman–Crippen MR) is 50.8 cm³/mol. The van der Waals surface area contributed by atoms with E-state index in [-0.39, 0.29) is 0 Å². The van der Waals surface area contributed by atoms with Crippen molar-refractivity contribution >= 4 is 0 Å². The van der Waals surface area contributed by atoms with E-state index in [0.29, 0.717) is 5.69 Å². The molecule has 14 heavy (non-hydrogen) atoms. The van der Waals surface area contributed by atoms with Crippen LogP contribution < -0.4 is 0 Å². The molecule has 0 aromatic carbocycles. The third-order valence-corrected chi connectivity index (χ3v) is 1.98. The van der Waals surface area contributed by atoms with Crippen molar-refractivity contribution in [3.8, 4) is 11.8 Å². The lowest BCUT2D eigenvalue weighted by molar-refractivity contribution is 0.958. The van der Waals surface area contributed by atoms with Crippen LogP contribution in [0.1, 0.15) is 11.5 Å². The van der Waals surface area contributed by atoms with Crippen LogP contribution in [-0.4, -0.2) is 14.5 Å². The van der Waals surface area contributed by atoms with Crippen LogP contribution in [0, 0.1) is 18.3 Å². The largest absolute Gasteiger partial charge is 0.301 e. The molecule has 0 N–H and O–H groups in total. The van der Waals surface area contributed by atoms with Gasteiger partial charge in [-0.05, 0) is 19.1 Å². The number of nitrogens with zero attached hydrogens (tertiary/aromatic N) is 4. The monoisotopic (exact) mass is 184 g/mol. The van der Waals surface area contributed by atoms with Gasteiger partial charge in [0.1, 0.15) is 11.9 Å². The first-order valence-corrected chi connectivity index (χ1v) is 4.18. The van der Waals surface area contributed by atoms with Crippen LogP contribution in [0.25, 0.3) is 5.69 Å². The number of nitriles is 1. The molecule has 0 aliphatic carbocycles. The second-order valence-corrected chi connectivity index (χ2v) is 2.83. The SMILES string of the molecule is Cc1nccn1-c1cccnc1C#N. The number of aromatic nitrogens is 3. The molecule has 0 aliphatic rings. The van der Waals surface area contributed by atoms with E-state index in [4.69, 9.17) is 5.26 Å². The van der Waals surface area contributed by atoms with Crippen LogP contribution in [0.4, 0.5) is 0 Å². The van der Waals surface area contributed by atoms with Crippen LogP contribution in [0.3, 0.4) is 0 Å². The molecule has 2 heterocycles. The van der Waals surface area contributed by atoms with Gasteiger partial charge in [0.15, 0.2) is 5.69 Å². The van der Waals surface area contributed by atoms with Crippen molar-refractivity contribution < 1.29 is 0 Å². The highest BCUT2D eigenvalue weighted by Gasteiger charge is 2.05. The van der Waals surface area contributed by atoms with Gasteiger partial charge >= 0.3 is 0 Å². The van der Waals surface area contributed by atoms with Crippen molar-refractivity contribution in [1.82, 2.24) is 14.5 Å². The Balaban J connectivity index is 2.64. The van der Waals surface area contributed by atoms with E-state index in [1.54, 1.807) is 18.5 Å². The predicted octanol–water partition coefficient (Wildman–Crippen LogP) is 1.45. The van der Waals surface area contributed by atoms with Crippen LogP contribution in [0.2, 0.25) is 0 Å². The highest BCUT2D eigenvalue weighted by atomic mass is 15.1. The van der Waals surface area contributed by atoms with E-state index in [9.17, 15) is 0 Å². The Morgan fingerprint density at radius 3 is 2.86 bits per heavy atom. The van der Waals surface area contributed by atoms with E-state index in [2.05, 4.69) is 16.0 Å². The molecule has 0 fully saturated rings. The van der Waals surface area contributed by atoms with Gasteiger partial charge in [-0.15, -0.1) is 0 Å². The molecule has 2 aromatic heterocycles. The minimum absolute atomic E-state index is 0.411. The van der Waals surface area contributed by atoms with Gasteiger partial charge in [0.25, 0.3) is 0 Å². The first-order valence-electron chi connectivity index (χ1n) is 4.18. The summed E-state index contributed by atoms with van der Waals surface area (Å²) in [5.41, 5.74) is 1.18. The fourth-order valence-corrected chi connectivity index (χ4v) is 1.31. The van der Waals surface area contributed by atoms with E-state index in [0.717, 1.165) is 11.5 Å². The van der Waals surface area contributed by atoms with Crippen molar-refractivity contribution in [3.63, 3.8) is 0 Å². The molecule has 0 atom stereocenters. The molecule has 0 saturated carbocycles. The molecule has 0 aliphatic heterocycles. The Morgan fingerprint density at radius 1 is 1.36 bits per heavy atom. The number of pyridine rings is 1. The number of imidazole rings is 1. The van der Waals surface area contributed by atoms with Crippen LogP contribution in [-0.2, 0) is 0 Å². The molecule has 68 valence electrons. The Morgan fingerprint density at radius 2 is 2.21 bits per heavy atom. The van der Waals surface area contributed by atoms with E-state index >= 15 is 0 Å². The fourth-order valence-electron chi connectivity index (χ4n) is 1.31. The Kier molecular flexibility index (Phi) is 1.99. The van der Waals surface area contributed by atoms with Gasteiger partial charge in [-0.1, -0.05) is 0 Å². The Hall–Kier alpha value is -2.15. The molecule has 2 rings (SSSR count). The molecule has 0 saturated heterocycles. The van der Waals surface area contributed by atoms with Crippen molar-refractivity contribution in [3.05, 3.63) is 42.2 Å². The second-order valence-electron chi connectivity index (χ2n) is 2.83. The molecule has 0 radical (unpaired) electrons. The minimum Gasteiger partial charge on any atom is -0.301 e. The lowest BCUT2D eigenvalue weighted by Crippen LogP contribution is -1.99. The zero-order valence-electron chi connectivity index (χ0n) is 7.68. The summed E-state index contributed by atoms with van der Waals surface area (Å²) < 4.78 is 1.84. The Bertz CT molecular complexity index is 493. The van der Waals surface area contributed by atoms with Gasteiger partial charge in [0, 0.05) is 18.6 Å². The molecule has 4 heteroatoms. The van der Waals surface area contributed by atoms with E-state index in [1.165, 1.54) is 0 Å². The molecule has 4 nitrogen and oxygen atoms in total. The van der Waals surface area contributed by atoms with Gasteiger partial charge in [-0.25, -0.2) is 9.97 Å². The summed E-state index contributed by atoms with van der Waals surface area (Å²) >= 11 is 0. The number of rotatable bonds is 1. The van der Waals surface area contributed by atoms with Crippen molar-refractivity contribution in [2.45, 2.75) is 6.92 Å². The van der Waals surface area contributed by atoms with Gasteiger partial charge in [-0.2, -0.15) is 5.26 Å². The first-order chi connectivity index (χ1) is 6.83. The lowest BCUT2D eigenvalue weighted by Gasteiger charge is -2.04. The quantitative estimate of drug-likeness (QED) is 0.674. The van der Waals surface area contributed by atoms with Gasteiger partial charge in [0.05, 0.1) is 5.69 Å².